The number of carbonyl (C=O) groups is 2. The number of benzene rings is 2. The predicted molar refractivity (Wildman–Crippen MR) is 89.3 cm³/mol. The van der Waals surface area contributed by atoms with Crippen molar-refractivity contribution in [1.82, 2.24) is 4.57 Å². The Labute approximate surface area is 137 Å². The smallest absolute Gasteiger partial charge is 0.416 e. The maximum atomic E-state index is 11.8. The summed E-state index contributed by atoms with van der Waals surface area (Å²) in [6, 6.07) is 12.1. The number of fused-ring (bicyclic) bond motifs is 1. The van der Waals surface area contributed by atoms with Gasteiger partial charge in [0.2, 0.25) is 0 Å². The molecule has 6 nitrogen and oxygen atoms in total. The van der Waals surface area contributed by atoms with Gasteiger partial charge < -0.3 is 14.6 Å². The van der Waals surface area contributed by atoms with E-state index in [2.05, 4.69) is 0 Å². The first-order valence-electron chi connectivity index (χ1n) is 7.16. The van der Waals surface area contributed by atoms with Gasteiger partial charge in [0, 0.05) is 17.0 Å². The Bertz CT molecular complexity index is 942. The van der Waals surface area contributed by atoms with Crippen LogP contribution in [-0.2, 0) is 0 Å². The molecular formula is C18H15NO5. The molecule has 0 saturated heterocycles. The van der Waals surface area contributed by atoms with Crippen molar-refractivity contribution < 1.29 is 24.2 Å². The minimum Gasteiger partial charge on any atom is -0.496 e. The Morgan fingerprint density at radius 2 is 1.79 bits per heavy atom. The highest BCUT2D eigenvalue weighted by atomic mass is 16.5. The van der Waals surface area contributed by atoms with Gasteiger partial charge in [-0.15, -0.1) is 0 Å². The van der Waals surface area contributed by atoms with Crippen LogP contribution in [0.2, 0.25) is 0 Å². The molecule has 0 saturated carbocycles. The van der Waals surface area contributed by atoms with Crippen LogP contribution in [0, 0.1) is 0 Å². The summed E-state index contributed by atoms with van der Waals surface area (Å²) in [6.45, 7) is 0. The second-order valence-electron chi connectivity index (χ2n) is 5.12. The maximum absolute atomic E-state index is 11.8. The molecule has 1 heterocycles. The molecule has 0 unspecified atom stereocenters. The third kappa shape index (κ3) is 2.38. The standard InChI is InChI=1S/C18H15NO5/c1-23-16-9-17(24-2)13(7-12(16)10-20)15-8-11-5-3-4-6-14(11)19(15)18(21)22/h3-10H,1-2H3,(H,21,22). The van der Waals surface area contributed by atoms with Crippen molar-refractivity contribution in [1.29, 1.82) is 0 Å². The first-order chi connectivity index (χ1) is 11.6. The maximum Gasteiger partial charge on any atom is 0.416 e. The van der Waals surface area contributed by atoms with Crippen LogP contribution >= 0.6 is 0 Å². The van der Waals surface area contributed by atoms with E-state index in [-0.39, 0.29) is 0 Å². The van der Waals surface area contributed by atoms with Gasteiger partial charge in [-0.25, -0.2) is 9.36 Å². The fraction of sp³-hybridized carbons (Fsp3) is 0.111. The normalized spacial score (nSPS) is 10.6. The largest absolute Gasteiger partial charge is 0.496 e. The second kappa shape index (κ2) is 6.08. The summed E-state index contributed by atoms with van der Waals surface area (Å²) in [6.07, 6.45) is -0.452. The number of methoxy groups -OCH3 is 2. The topological polar surface area (TPSA) is 77.8 Å². The number of rotatable bonds is 4. The number of carboxylic acid groups (broad SMARTS) is 1. The van der Waals surface area contributed by atoms with Gasteiger partial charge in [0.15, 0.2) is 6.29 Å². The molecule has 1 N–H and O–H groups in total. The van der Waals surface area contributed by atoms with Gasteiger partial charge in [0.1, 0.15) is 11.5 Å². The molecule has 0 aliphatic rings. The lowest BCUT2D eigenvalue weighted by molar-refractivity contribution is 0.112. The molecule has 0 fully saturated rings. The lowest BCUT2D eigenvalue weighted by atomic mass is 10.1. The van der Waals surface area contributed by atoms with Gasteiger partial charge in [-0.05, 0) is 18.2 Å². The number of hydrogen-bond donors (Lipinski definition) is 1. The van der Waals surface area contributed by atoms with E-state index in [0.717, 1.165) is 5.39 Å². The Hall–Kier alpha value is -3.28. The summed E-state index contributed by atoms with van der Waals surface area (Å²) in [5.74, 6) is 0.784. The van der Waals surface area contributed by atoms with Crippen molar-refractivity contribution in [3.05, 3.63) is 48.0 Å². The van der Waals surface area contributed by atoms with E-state index in [9.17, 15) is 14.7 Å². The number of ether oxygens (including phenoxy) is 2. The molecule has 6 heteroatoms. The lowest BCUT2D eigenvalue weighted by Crippen LogP contribution is -2.09. The molecular weight excluding hydrogens is 310 g/mol. The molecule has 2 aromatic carbocycles. The van der Waals surface area contributed by atoms with Crippen LogP contribution in [-0.4, -0.2) is 36.3 Å². The van der Waals surface area contributed by atoms with E-state index >= 15 is 0 Å². The number of carbonyl (C=O) groups excluding carboxylic acids is 1. The minimum atomic E-state index is -1.11. The fourth-order valence-corrected chi connectivity index (χ4v) is 2.77. The predicted octanol–water partition coefficient (Wildman–Crippen LogP) is 3.66. The Balaban J connectivity index is 2.37. The van der Waals surface area contributed by atoms with Crippen LogP contribution in [0.4, 0.5) is 4.79 Å². The molecule has 0 bridgehead atoms. The average molecular weight is 325 g/mol. The fourth-order valence-electron chi connectivity index (χ4n) is 2.77. The van der Waals surface area contributed by atoms with Crippen LogP contribution in [0.5, 0.6) is 11.5 Å². The van der Waals surface area contributed by atoms with E-state index in [1.54, 1.807) is 30.3 Å². The van der Waals surface area contributed by atoms with Crippen molar-refractivity contribution in [3.63, 3.8) is 0 Å². The second-order valence-corrected chi connectivity index (χ2v) is 5.12. The summed E-state index contributed by atoms with van der Waals surface area (Å²) < 4.78 is 11.7. The number of hydrogen-bond acceptors (Lipinski definition) is 4. The number of nitrogens with zero attached hydrogens (tertiary/aromatic N) is 1. The molecule has 3 rings (SSSR count). The highest BCUT2D eigenvalue weighted by Gasteiger charge is 2.20. The lowest BCUT2D eigenvalue weighted by Gasteiger charge is -2.13. The van der Waals surface area contributed by atoms with Gasteiger partial charge in [-0.3, -0.25) is 4.79 Å². The molecule has 0 atom stereocenters. The van der Waals surface area contributed by atoms with Crippen molar-refractivity contribution in [3.8, 4) is 22.8 Å². The highest BCUT2D eigenvalue weighted by molar-refractivity contribution is 5.97. The molecule has 0 aliphatic heterocycles. The van der Waals surface area contributed by atoms with E-state index in [1.807, 2.05) is 12.1 Å². The van der Waals surface area contributed by atoms with Crippen molar-refractivity contribution >= 4 is 23.3 Å². The van der Waals surface area contributed by atoms with Crippen LogP contribution in [0.25, 0.3) is 22.2 Å². The van der Waals surface area contributed by atoms with Crippen LogP contribution < -0.4 is 9.47 Å². The monoisotopic (exact) mass is 325 g/mol. The van der Waals surface area contributed by atoms with E-state index in [1.165, 1.54) is 18.8 Å². The molecule has 0 radical (unpaired) electrons. The summed E-state index contributed by atoms with van der Waals surface area (Å²) in [4.78, 5) is 23.1. The highest BCUT2D eigenvalue weighted by Crippen LogP contribution is 2.38. The van der Waals surface area contributed by atoms with Gasteiger partial charge in [0.05, 0.1) is 31.0 Å². The Morgan fingerprint density at radius 3 is 2.42 bits per heavy atom. The summed E-state index contributed by atoms with van der Waals surface area (Å²) in [5, 5.41) is 10.4. The number of aldehydes is 1. The van der Waals surface area contributed by atoms with E-state index < -0.39 is 6.09 Å². The molecule has 3 aromatic rings. The SMILES string of the molecule is COc1cc(OC)c(-c2cc3ccccc3n2C(=O)O)cc1C=O. The first kappa shape index (κ1) is 15.6. The van der Waals surface area contributed by atoms with Gasteiger partial charge in [-0.1, -0.05) is 18.2 Å². The van der Waals surface area contributed by atoms with E-state index in [0.29, 0.717) is 40.1 Å². The first-order valence-corrected chi connectivity index (χ1v) is 7.16. The van der Waals surface area contributed by atoms with Gasteiger partial charge in [-0.2, -0.15) is 0 Å². The van der Waals surface area contributed by atoms with Crippen molar-refractivity contribution in [2.24, 2.45) is 0 Å². The molecule has 0 aliphatic carbocycles. The quantitative estimate of drug-likeness (QED) is 0.741. The molecule has 0 amide bonds. The van der Waals surface area contributed by atoms with Crippen LogP contribution in [0.3, 0.4) is 0 Å². The van der Waals surface area contributed by atoms with Crippen LogP contribution in [0.15, 0.2) is 42.5 Å². The van der Waals surface area contributed by atoms with Crippen molar-refractivity contribution in [2.45, 2.75) is 0 Å². The average Bonchev–Trinajstić information content (AvgIpc) is 2.99. The van der Waals surface area contributed by atoms with E-state index in [4.69, 9.17) is 9.47 Å². The molecule has 1 aromatic heterocycles. The van der Waals surface area contributed by atoms with Gasteiger partial charge >= 0.3 is 6.09 Å². The molecule has 0 spiro atoms. The Kier molecular flexibility index (Phi) is 3.95. The molecule has 122 valence electrons. The zero-order valence-corrected chi connectivity index (χ0v) is 13.1. The zero-order chi connectivity index (χ0) is 17.3. The zero-order valence-electron chi connectivity index (χ0n) is 13.1. The third-order valence-electron chi connectivity index (χ3n) is 3.86. The summed E-state index contributed by atoms with van der Waals surface area (Å²) in [5.41, 5.74) is 1.80. The van der Waals surface area contributed by atoms with Crippen LogP contribution in [0.1, 0.15) is 10.4 Å². The number of aromatic nitrogens is 1. The summed E-state index contributed by atoms with van der Waals surface area (Å²) >= 11 is 0. The third-order valence-corrected chi connectivity index (χ3v) is 3.86. The van der Waals surface area contributed by atoms with Crippen molar-refractivity contribution in [2.75, 3.05) is 14.2 Å². The molecule has 24 heavy (non-hydrogen) atoms. The van der Waals surface area contributed by atoms with Gasteiger partial charge in [0.25, 0.3) is 0 Å². The summed E-state index contributed by atoms with van der Waals surface area (Å²) in [7, 11) is 2.93. The minimum absolute atomic E-state index is 0.315. The number of para-hydroxylation sites is 1. The Morgan fingerprint density at radius 1 is 1.08 bits per heavy atom.